The van der Waals surface area contributed by atoms with Gasteiger partial charge in [-0.15, -0.1) is 0 Å². The number of hydrogen-bond acceptors (Lipinski definition) is 4. The summed E-state index contributed by atoms with van der Waals surface area (Å²) in [6.45, 7) is 4.00. The molecule has 0 radical (unpaired) electrons. The largest absolute Gasteiger partial charge is 0.493 e. The van der Waals surface area contributed by atoms with Crippen LogP contribution in [0.15, 0.2) is 36.9 Å². The van der Waals surface area contributed by atoms with Gasteiger partial charge in [-0.1, -0.05) is 18.7 Å². The Hall–Kier alpha value is -2.27. The van der Waals surface area contributed by atoms with Crippen LogP contribution < -0.4 is 9.47 Å². The van der Waals surface area contributed by atoms with E-state index in [4.69, 9.17) is 14.3 Å². The van der Waals surface area contributed by atoms with E-state index in [-0.39, 0.29) is 5.91 Å². The van der Waals surface area contributed by atoms with Crippen molar-refractivity contribution in [3.8, 4) is 11.5 Å². The van der Waals surface area contributed by atoms with E-state index in [0.29, 0.717) is 18.1 Å². The van der Waals surface area contributed by atoms with Crippen molar-refractivity contribution in [2.45, 2.75) is 0 Å². The molecule has 0 saturated carbocycles. The molecular weight excluding hydrogens is 258 g/mol. The van der Waals surface area contributed by atoms with Crippen LogP contribution in [-0.4, -0.2) is 38.8 Å². The van der Waals surface area contributed by atoms with E-state index in [2.05, 4.69) is 6.58 Å². The molecule has 1 aromatic carbocycles. The minimum Gasteiger partial charge on any atom is -0.493 e. The van der Waals surface area contributed by atoms with Crippen molar-refractivity contribution in [3.05, 3.63) is 42.5 Å². The number of amides is 1. The van der Waals surface area contributed by atoms with Gasteiger partial charge in [-0.25, -0.2) is 5.06 Å². The number of likely N-dealkylation sites (N-methyl/N-ethyl adjacent to an activating group) is 1. The molecule has 1 aromatic rings. The molecule has 108 valence electrons. The molecule has 5 heteroatoms. The van der Waals surface area contributed by atoms with Crippen molar-refractivity contribution in [1.82, 2.24) is 5.06 Å². The van der Waals surface area contributed by atoms with Gasteiger partial charge in [-0.2, -0.15) is 0 Å². The van der Waals surface area contributed by atoms with E-state index in [1.54, 1.807) is 38.4 Å². The maximum atomic E-state index is 11.6. The molecule has 0 N–H and O–H groups in total. The second-order valence-electron chi connectivity index (χ2n) is 3.86. The van der Waals surface area contributed by atoms with Gasteiger partial charge < -0.3 is 9.47 Å². The van der Waals surface area contributed by atoms with E-state index < -0.39 is 0 Å². The Labute approximate surface area is 119 Å². The van der Waals surface area contributed by atoms with E-state index in [1.165, 1.54) is 13.2 Å². The Bertz CT molecular complexity index is 497. The average molecular weight is 277 g/mol. The highest BCUT2D eigenvalue weighted by atomic mass is 16.7. The van der Waals surface area contributed by atoms with Gasteiger partial charge in [0.15, 0.2) is 11.5 Å². The quantitative estimate of drug-likeness (QED) is 0.436. The zero-order chi connectivity index (χ0) is 15.0. The lowest BCUT2D eigenvalue weighted by molar-refractivity contribution is -0.162. The second-order valence-corrected chi connectivity index (χ2v) is 3.86. The van der Waals surface area contributed by atoms with E-state index in [9.17, 15) is 4.79 Å². The van der Waals surface area contributed by atoms with Crippen molar-refractivity contribution in [2.24, 2.45) is 0 Å². The lowest BCUT2D eigenvalue weighted by atomic mass is 10.2. The predicted octanol–water partition coefficient (Wildman–Crippen LogP) is 2.29. The van der Waals surface area contributed by atoms with Crippen LogP contribution in [0.1, 0.15) is 5.56 Å². The van der Waals surface area contributed by atoms with Gasteiger partial charge in [0.2, 0.25) is 0 Å². The molecule has 0 spiro atoms. The monoisotopic (exact) mass is 277 g/mol. The maximum Gasteiger partial charge on any atom is 0.269 e. The Kier molecular flexibility index (Phi) is 6.32. The van der Waals surface area contributed by atoms with E-state index >= 15 is 0 Å². The summed E-state index contributed by atoms with van der Waals surface area (Å²) in [4.78, 5) is 16.3. The Morgan fingerprint density at radius 3 is 2.70 bits per heavy atom. The first-order valence-corrected chi connectivity index (χ1v) is 6.04. The summed E-state index contributed by atoms with van der Waals surface area (Å²) in [6, 6.07) is 5.40. The normalized spacial score (nSPS) is 10.3. The molecule has 0 aliphatic rings. The predicted molar refractivity (Wildman–Crippen MR) is 77.5 cm³/mol. The Balaban J connectivity index is 2.84. The molecule has 1 amide bonds. The summed E-state index contributed by atoms with van der Waals surface area (Å²) in [7, 11) is 4.54. The standard InChI is InChI=1S/C15H19NO4/c1-5-10-20-13-8-6-12(11-14(13)18-3)7-9-15(17)16(2)19-4/h5-9,11H,1,10H2,2-4H3. The van der Waals surface area contributed by atoms with Crippen molar-refractivity contribution < 1.29 is 19.1 Å². The number of ether oxygens (including phenoxy) is 2. The fraction of sp³-hybridized carbons (Fsp3) is 0.267. The highest BCUT2D eigenvalue weighted by molar-refractivity contribution is 5.90. The first-order valence-electron chi connectivity index (χ1n) is 6.04. The second kappa shape index (κ2) is 8.01. The number of hydroxylamine groups is 2. The van der Waals surface area contributed by atoms with Crippen LogP contribution in [0.4, 0.5) is 0 Å². The zero-order valence-corrected chi connectivity index (χ0v) is 12.0. The molecule has 0 aliphatic heterocycles. The summed E-state index contributed by atoms with van der Waals surface area (Å²) < 4.78 is 10.7. The molecule has 1 rings (SSSR count). The summed E-state index contributed by atoms with van der Waals surface area (Å²) in [5.74, 6) is 0.977. The van der Waals surface area contributed by atoms with E-state index in [1.807, 2.05) is 6.07 Å². The summed E-state index contributed by atoms with van der Waals surface area (Å²) >= 11 is 0. The average Bonchev–Trinajstić information content (AvgIpc) is 2.49. The Morgan fingerprint density at radius 1 is 1.35 bits per heavy atom. The molecule has 0 bridgehead atoms. The molecule has 0 fully saturated rings. The van der Waals surface area contributed by atoms with Crippen molar-refractivity contribution >= 4 is 12.0 Å². The lowest BCUT2D eigenvalue weighted by Crippen LogP contribution is -2.22. The molecule has 0 aliphatic carbocycles. The number of nitrogens with zero attached hydrogens (tertiary/aromatic N) is 1. The Morgan fingerprint density at radius 2 is 2.10 bits per heavy atom. The van der Waals surface area contributed by atoms with Gasteiger partial charge in [-0.3, -0.25) is 9.63 Å². The smallest absolute Gasteiger partial charge is 0.269 e. The number of carbonyl (C=O) groups excluding carboxylic acids is 1. The van der Waals surface area contributed by atoms with Crippen LogP contribution in [0.5, 0.6) is 11.5 Å². The summed E-state index contributed by atoms with van der Waals surface area (Å²) in [5.41, 5.74) is 0.825. The van der Waals surface area contributed by atoms with Gasteiger partial charge in [0.25, 0.3) is 5.91 Å². The van der Waals surface area contributed by atoms with Crippen molar-refractivity contribution in [3.63, 3.8) is 0 Å². The number of carbonyl (C=O) groups is 1. The lowest BCUT2D eigenvalue weighted by Gasteiger charge is -2.11. The van der Waals surface area contributed by atoms with Gasteiger partial charge >= 0.3 is 0 Å². The molecule has 0 atom stereocenters. The first kappa shape index (κ1) is 15.8. The third-order valence-electron chi connectivity index (χ3n) is 2.55. The number of benzene rings is 1. The summed E-state index contributed by atoms with van der Waals surface area (Å²) in [5, 5.41) is 1.13. The number of rotatable bonds is 7. The first-order chi connectivity index (χ1) is 9.62. The highest BCUT2D eigenvalue weighted by Crippen LogP contribution is 2.28. The van der Waals surface area contributed by atoms with E-state index in [0.717, 1.165) is 10.6 Å². The van der Waals surface area contributed by atoms with Crippen LogP contribution in [-0.2, 0) is 9.63 Å². The minimum absolute atomic E-state index is 0.251. The number of methoxy groups -OCH3 is 1. The van der Waals surface area contributed by atoms with Crippen molar-refractivity contribution in [1.29, 1.82) is 0 Å². The van der Waals surface area contributed by atoms with Crippen LogP contribution in [0.3, 0.4) is 0 Å². The third-order valence-corrected chi connectivity index (χ3v) is 2.55. The maximum absolute atomic E-state index is 11.6. The zero-order valence-electron chi connectivity index (χ0n) is 12.0. The topological polar surface area (TPSA) is 48.0 Å². The molecule has 5 nitrogen and oxygen atoms in total. The molecular formula is C15H19NO4. The van der Waals surface area contributed by atoms with Gasteiger partial charge in [0.1, 0.15) is 6.61 Å². The van der Waals surface area contributed by atoms with Gasteiger partial charge in [-0.05, 0) is 23.8 Å². The molecule has 0 aromatic heterocycles. The highest BCUT2D eigenvalue weighted by Gasteiger charge is 2.05. The molecule has 0 saturated heterocycles. The third kappa shape index (κ3) is 4.44. The van der Waals surface area contributed by atoms with Crippen LogP contribution in [0, 0.1) is 0 Å². The van der Waals surface area contributed by atoms with Crippen molar-refractivity contribution in [2.75, 3.05) is 27.9 Å². The SMILES string of the molecule is C=CCOc1ccc(C=CC(=O)N(C)OC)cc1OC. The van der Waals surface area contributed by atoms with Crippen LogP contribution in [0.2, 0.25) is 0 Å². The molecule has 0 unspecified atom stereocenters. The number of hydrogen-bond donors (Lipinski definition) is 0. The summed E-state index contributed by atoms with van der Waals surface area (Å²) in [6.07, 6.45) is 4.76. The van der Waals surface area contributed by atoms with Gasteiger partial charge in [0, 0.05) is 13.1 Å². The molecule has 0 heterocycles. The van der Waals surface area contributed by atoms with Crippen LogP contribution >= 0.6 is 0 Å². The minimum atomic E-state index is -0.251. The molecule has 20 heavy (non-hydrogen) atoms. The fourth-order valence-electron chi connectivity index (χ4n) is 1.42. The van der Waals surface area contributed by atoms with Crippen LogP contribution in [0.25, 0.3) is 6.08 Å². The fourth-order valence-corrected chi connectivity index (χ4v) is 1.42. The van der Waals surface area contributed by atoms with Gasteiger partial charge in [0.05, 0.1) is 14.2 Å².